The second-order valence-electron chi connectivity index (χ2n) is 2.25. The lowest BCUT2D eigenvalue weighted by Gasteiger charge is -2.00. The third-order valence-electron chi connectivity index (χ3n) is 1.35. The summed E-state index contributed by atoms with van der Waals surface area (Å²) in [6, 6.07) is 9.70. The minimum atomic E-state index is 0.540. The van der Waals surface area contributed by atoms with Gasteiger partial charge in [0.15, 0.2) is 0 Å². The molecule has 0 radical (unpaired) electrons. The molecule has 0 spiro atoms. The Balaban J connectivity index is 2.29. The topological polar surface area (TPSA) is 9.23 Å². The molecule has 0 aliphatic carbocycles. The Labute approximate surface area is 77.6 Å². The number of benzene rings is 1. The lowest BCUT2D eigenvalue weighted by atomic mass is 10.3. The minimum Gasteiger partial charge on any atom is -0.490 e. The van der Waals surface area contributed by atoms with Crippen molar-refractivity contribution in [2.75, 3.05) is 12.5 Å². The number of allylic oxidation sites excluding steroid dienone is 1. The van der Waals surface area contributed by atoms with Crippen LogP contribution in [0.15, 0.2) is 42.5 Å². The standard InChI is InChI=1S/C10H11ClO/c11-8-4-5-9-12-10-6-2-1-3-7-10/h1-7H,8-9H2/b5-4+. The van der Waals surface area contributed by atoms with Gasteiger partial charge in [-0.25, -0.2) is 0 Å². The van der Waals surface area contributed by atoms with Gasteiger partial charge in [0, 0.05) is 5.88 Å². The largest absolute Gasteiger partial charge is 0.490 e. The summed E-state index contributed by atoms with van der Waals surface area (Å²) in [6.45, 7) is 0.580. The molecule has 0 heterocycles. The first-order chi connectivity index (χ1) is 5.93. The molecule has 0 saturated carbocycles. The van der Waals surface area contributed by atoms with Gasteiger partial charge in [0.1, 0.15) is 12.4 Å². The number of ether oxygens (including phenoxy) is 1. The maximum absolute atomic E-state index is 5.44. The van der Waals surface area contributed by atoms with Crippen LogP contribution in [0.1, 0.15) is 0 Å². The molecule has 64 valence electrons. The zero-order valence-corrected chi connectivity index (χ0v) is 7.50. The number of hydrogen-bond donors (Lipinski definition) is 0. The normalized spacial score (nSPS) is 10.4. The van der Waals surface area contributed by atoms with Gasteiger partial charge in [0.2, 0.25) is 0 Å². The molecule has 0 amide bonds. The third-order valence-corrected chi connectivity index (χ3v) is 1.52. The molecule has 0 aliphatic heterocycles. The predicted octanol–water partition coefficient (Wildman–Crippen LogP) is 2.86. The van der Waals surface area contributed by atoms with E-state index < -0.39 is 0 Å². The summed E-state index contributed by atoms with van der Waals surface area (Å²) in [5.74, 6) is 1.43. The molecule has 0 saturated heterocycles. The molecule has 1 aromatic carbocycles. The van der Waals surface area contributed by atoms with Gasteiger partial charge < -0.3 is 4.74 Å². The number of para-hydroxylation sites is 1. The maximum atomic E-state index is 5.44. The van der Waals surface area contributed by atoms with Crippen molar-refractivity contribution in [1.82, 2.24) is 0 Å². The number of halogens is 1. The third kappa shape index (κ3) is 3.44. The van der Waals surface area contributed by atoms with Crippen LogP contribution in [0.3, 0.4) is 0 Å². The van der Waals surface area contributed by atoms with Gasteiger partial charge in [-0.05, 0) is 12.1 Å². The number of alkyl halides is 1. The van der Waals surface area contributed by atoms with Crippen LogP contribution in [-0.2, 0) is 0 Å². The van der Waals surface area contributed by atoms with Crippen molar-refractivity contribution in [2.24, 2.45) is 0 Å². The maximum Gasteiger partial charge on any atom is 0.119 e. The lowest BCUT2D eigenvalue weighted by molar-refractivity contribution is 0.363. The quantitative estimate of drug-likeness (QED) is 0.514. The van der Waals surface area contributed by atoms with Gasteiger partial charge in [0.25, 0.3) is 0 Å². The molecule has 2 heteroatoms. The summed E-state index contributed by atoms with van der Waals surface area (Å²) < 4.78 is 5.36. The van der Waals surface area contributed by atoms with Crippen LogP contribution in [0.4, 0.5) is 0 Å². The second-order valence-corrected chi connectivity index (χ2v) is 2.56. The lowest BCUT2D eigenvalue weighted by Crippen LogP contribution is -1.92. The van der Waals surface area contributed by atoms with Crippen LogP contribution >= 0.6 is 11.6 Å². The minimum absolute atomic E-state index is 0.540. The van der Waals surface area contributed by atoms with Crippen molar-refractivity contribution < 1.29 is 4.74 Å². The Hall–Kier alpha value is -0.950. The first-order valence-electron chi connectivity index (χ1n) is 3.82. The fraction of sp³-hybridized carbons (Fsp3) is 0.200. The molecule has 0 fully saturated rings. The highest BCUT2D eigenvalue weighted by molar-refractivity contribution is 6.18. The van der Waals surface area contributed by atoms with Crippen LogP contribution in [0.25, 0.3) is 0 Å². The van der Waals surface area contributed by atoms with E-state index in [2.05, 4.69) is 0 Å². The summed E-state index contributed by atoms with van der Waals surface area (Å²) in [4.78, 5) is 0. The van der Waals surface area contributed by atoms with E-state index in [1.54, 1.807) is 0 Å². The fourth-order valence-electron chi connectivity index (χ4n) is 0.792. The van der Waals surface area contributed by atoms with E-state index in [0.717, 1.165) is 5.75 Å². The molecule has 0 atom stereocenters. The highest BCUT2D eigenvalue weighted by atomic mass is 35.5. The highest BCUT2D eigenvalue weighted by Crippen LogP contribution is 2.07. The molecule has 0 aliphatic rings. The van der Waals surface area contributed by atoms with E-state index in [4.69, 9.17) is 16.3 Å². The van der Waals surface area contributed by atoms with E-state index >= 15 is 0 Å². The average Bonchev–Trinajstić information content (AvgIpc) is 2.14. The molecule has 1 aromatic rings. The number of hydrogen-bond acceptors (Lipinski definition) is 1. The second kappa shape index (κ2) is 5.67. The Kier molecular flexibility index (Phi) is 4.32. The highest BCUT2D eigenvalue weighted by Gasteiger charge is 1.86. The van der Waals surface area contributed by atoms with Crippen LogP contribution in [-0.4, -0.2) is 12.5 Å². The molecular weight excluding hydrogens is 172 g/mol. The van der Waals surface area contributed by atoms with Crippen LogP contribution in [0.2, 0.25) is 0 Å². The first-order valence-corrected chi connectivity index (χ1v) is 4.36. The summed E-state index contributed by atoms with van der Waals surface area (Å²) in [7, 11) is 0. The van der Waals surface area contributed by atoms with Crippen molar-refractivity contribution in [2.45, 2.75) is 0 Å². The van der Waals surface area contributed by atoms with Crippen LogP contribution in [0, 0.1) is 0 Å². The van der Waals surface area contributed by atoms with Crippen molar-refractivity contribution in [3.05, 3.63) is 42.5 Å². The Morgan fingerprint density at radius 2 is 1.92 bits per heavy atom. The molecular formula is C10H11ClO. The van der Waals surface area contributed by atoms with Gasteiger partial charge in [-0.15, -0.1) is 11.6 Å². The fourth-order valence-corrected chi connectivity index (χ4v) is 0.918. The van der Waals surface area contributed by atoms with E-state index in [0.29, 0.717) is 12.5 Å². The van der Waals surface area contributed by atoms with Crippen molar-refractivity contribution >= 4 is 11.6 Å². The monoisotopic (exact) mass is 182 g/mol. The van der Waals surface area contributed by atoms with Crippen LogP contribution < -0.4 is 4.74 Å². The van der Waals surface area contributed by atoms with Gasteiger partial charge in [-0.1, -0.05) is 30.4 Å². The van der Waals surface area contributed by atoms with Crippen LogP contribution in [0.5, 0.6) is 5.75 Å². The smallest absolute Gasteiger partial charge is 0.119 e. The summed E-state index contributed by atoms with van der Waals surface area (Å²) >= 11 is 5.44. The molecule has 0 unspecified atom stereocenters. The molecule has 0 N–H and O–H groups in total. The summed E-state index contributed by atoms with van der Waals surface area (Å²) in [5, 5.41) is 0. The van der Waals surface area contributed by atoms with Crippen molar-refractivity contribution in [3.8, 4) is 5.75 Å². The Morgan fingerprint density at radius 3 is 2.58 bits per heavy atom. The Morgan fingerprint density at radius 1 is 1.17 bits per heavy atom. The van der Waals surface area contributed by atoms with Gasteiger partial charge in [-0.2, -0.15) is 0 Å². The SMILES string of the molecule is ClC/C=C/COc1ccccc1. The predicted molar refractivity (Wildman–Crippen MR) is 51.8 cm³/mol. The van der Waals surface area contributed by atoms with Crippen molar-refractivity contribution in [1.29, 1.82) is 0 Å². The van der Waals surface area contributed by atoms with E-state index in [9.17, 15) is 0 Å². The van der Waals surface area contributed by atoms with E-state index in [1.807, 2.05) is 42.5 Å². The van der Waals surface area contributed by atoms with Gasteiger partial charge in [0.05, 0.1) is 0 Å². The molecule has 1 nitrogen and oxygen atoms in total. The zero-order valence-electron chi connectivity index (χ0n) is 6.74. The molecule has 0 bridgehead atoms. The first kappa shape index (κ1) is 9.14. The van der Waals surface area contributed by atoms with Gasteiger partial charge >= 0.3 is 0 Å². The molecule has 1 rings (SSSR count). The summed E-state index contributed by atoms with van der Waals surface area (Å²) in [5.41, 5.74) is 0. The molecule has 0 aromatic heterocycles. The summed E-state index contributed by atoms with van der Waals surface area (Å²) in [6.07, 6.45) is 3.77. The molecule has 12 heavy (non-hydrogen) atoms. The van der Waals surface area contributed by atoms with E-state index in [1.165, 1.54) is 0 Å². The number of rotatable bonds is 4. The average molecular weight is 183 g/mol. The zero-order chi connectivity index (χ0) is 8.65. The Bertz CT molecular complexity index is 231. The van der Waals surface area contributed by atoms with Crippen molar-refractivity contribution in [3.63, 3.8) is 0 Å². The van der Waals surface area contributed by atoms with E-state index in [-0.39, 0.29) is 0 Å². The van der Waals surface area contributed by atoms with Gasteiger partial charge in [-0.3, -0.25) is 0 Å².